The normalized spacial score (nSPS) is 17.5. The summed E-state index contributed by atoms with van der Waals surface area (Å²) in [4.78, 5) is 29.2. The van der Waals surface area contributed by atoms with Crippen molar-refractivity contribution in [2.45, 2.75) is 45.6 Å². The first-order valence-corrected chi connectivity index (χ1v) is 12.7. The SMILES string of the molecule is Cc1ccc(-c2nc(Nc3ccc(C(=O)N4CCC(N5CCCC5)CC4)cc3)ncc2C)s1. The Kier molecular flexibility index (Phi) is 6.42. The van der Waals surface area contributed by atoms with Gasteiger partial charge in [-0.2, -0.15) is 0 Å². The number of anilines is 2. The van der Waals surface area contributed by atoms with Gasteiger partial charge in [-0.1, -0.05) is 0 Å². The molecule has 3 aromatic rings. The minimum Gasteiger partial charge on any atom is -0.339 e. The molecule has 2 aliphatic rings. The second-order valence-corrected chi connectivity index (χ2v) is 10.4. The van der Waals surface area contributed by atoms with Crippen LogP contribution in [0.4, 0.5) is 11.6 Å². The van der Waals surface area contributed by atoms with Crippen molar-refractivity contribution in [3.8, 4) is 10.6 Å². The van der Waals surface area contributed by atoms with Crippen LogP contribution in [0.5, 0.6) is 0 Å². The molecule has 2 aromatic heterocycles. The van der Waals surface area contributed by atoms with Crippen LogP contribution in [0.25, 0.3) is 10.6 Å². The molecule has 0 saturated carbocycles. The third-order valence-corrected chi connectivity index (χ3v) is 7.75. The van der Waals surface area contributed by atoms with Gasteiger partial charge in [0.25, 0.3) is 5.91 Å². The molecule has 6 nitrogen and oxygen atoms in total. The number of benzene rings is 1. The standard InChI is InChI=1S/C26H31N5OS/c1-18-17-27-26(29-24(18)23-10-5-19(2)33-23)28-21-8-6-20(7-9-21)25(32)31-15-11-22(12-16-31)30-13-3-4-14-30/h5-10,17,22H,3-4,11-16H2,1-2H3,(H,27,28,29). The number of hydrogen-bond donors (Lipinski definition) is 1. The van der Waals surface area contributed by atoms with Crippen LogP contribution in [0.15, 0.2) is 42.6 Å². The fourth-order valence-corrected chi connectivity index (χ4v) is 5.78. The zero-order valence-corrected chi connectivity index (χ0v) is 20.2. The highest BCUT2D eigenvalue weighted by Gasteiger charge is 2.28. The third kappa shape index (κ3) is 4.94. The summed E-state index contributed by atoms with van der Waals surface area (Å²) >= 11 is 1.73. The molecule has 2 aliphatic heterocycles. The molecule has 0 unspecified atom stereocenters. The van der Waals surface area contributed by atoms with Crippen LogP contribution in [0.1, 0.15) is 46.5 Å². The maximum Gasteiger partial charge on any atom is 0.253 e. The number of likely N-dealkylation sites (tertiary alicyclic amines) is 2. The summed E-state index contributed by atoms with van der Waals surface area (Å²) in [6, 6.07) is 12.5. The fraction of sp³-hybridized carbons (Fsp3) is 0.423. The highest BCUT2D eigenvalue weighted by molar-refractivity contribution is 7.15. The van der Waals surface area contributed by atoms with E-state index >= 15 is 0 Å². The lowest BCUT2D eigenvalue weighted by Gasteiger charge is -2.36. The molecule has 2 saturated heterocycles. The number of amides is 1. The van der Waals surface area contributed by atoms with Crippen molar-refractivity contribution in [1.29, 1.82) is 0 Å². The zero-order chi connectivity index (χ0) is 22.8. The number of aromatic nitrogens is 2. The molecular weight excluding hydrogens is 430 g/mol. The van der Waals surface area contributed by atoms with Crippen molar-refractivity contribution in [2.24, 2.45) is 0 Å². The van der Waals surface area contributed by atoms with E-state index in [0.717, 1.165) is 53.3 Å². The summed E-state index contributed by atoms with van der Waals surface area (Å²) in [7, 11) is 0. The van der Waals surface area contributed by atoms with Gasteiger partial charge in [-0.25, -0.2) is 9.97 Å². The average molecular weight is 462 g/mol. The van der Waals surface area contributed by atoms with Gasteiger partial charge in [-0.05, 0) is 94.6 Å². The Hall–Kier alpha value is -2.77. The van der Waals surface area contributed by atoms with Gasteiger partial charge in [-0.15, -0.1) is 11.3 Å². The maximum atomic E-state index is 13.0. The van der Waals surface area contributed by atoms with Crippen LogP contribution >= 0.6 is 11.3 Å². The Morgan fingerprint density at radius 2 is 1.73 bits per heavy atom. The van der Waals surface area contributed by atoms with Crippen molar-refractivity contribution >= 4 is 28.9 Å². The van der Waals surface area contributed by atoms with E-state index in [0.29, 0.717) is 12.0 Å². The molecule has 1 amide bonds. The predicted molar refractivity (Wildman–Crippen MR) is 134 cm³/mol. The number of rotatable bonds is 5. The van der Waals surface area contributed by atoms with Crippen LogP contribution in [0, 0.1) is 13.8 Å². The summed E-state index contributed by atoms with van der Waals surface area (Å²) in [5, 5.41) is 3.28. The molecule has 33 heavy (non-hydrogen) atoms. The molecular formula is C26H31N5OS. The minimum atomic E-state index is 0.128. The zero-order valence-electron chi connectivity index (χ0n) is 19.4. The van der Waals surface area contributed by atoms with Crippen LogP contribution < -0.4 is 5.32 Å². The lowest BCUT2D eigenvalue weighted by Crippen LogP contribution is -2.45. The summed E-state index contributed by atoms with van der Waals surface area (Å²) < 4.78 is 0. The Morgan fingerprint density at radius 1 is 1.00 bits per heavy atom. The van der Waals surface area contributed by atoms with Gasteiger partial charge >= 0.3 is 0 Å². The third-order valence-electron chi connectivity index (χ3n) is 6.74. The molecule has 1 N–H and O–H groups in total. The monoisotopic (exact) mass is 461 g/mol. The topological polar surface area (TPSA) is 61.4 Å². The van der Waals surface area contributed by atoms with E-state index in [2.05, 4.69) is 34.3 Å². The largest absolute Gasteiger partial charge is 0.339 e. The Balaban J connectivity index is 1.22. The van der Waals surface area contributed by atoms with Gasteiger partial charge in [0, 0.05) is 41.5 Å². The Bertz CT molecular complexity index is 1110. The number of piperidine rings is 1. The van der Waals surface area contributed by atoms with Crippen LogP contribution in [-0.4, -0.2) is 57.9 Å². The second kappa shape index (κ2) is 9.61. The van der Waals surface area contributed by atoms with E-state index in [1.54, 1.807) is 11.3 Å². The van der Waals surface area contributed by atoms with Gasteiger partial charge < -0.3 is 15.1 Å². The van der Waals surface area contributed by atoms with Gasteiger partial charge in [0.2, 0.25) is 5.95 Å². The van der Waals surface area contributed by atoms with Crippen LogP contribution in [0.2, 0.25) is 0 Å². The van der Waals surface area contributed by atoms with Crippen molar-refractivity contribution < 1.29 is 4.79 Å². The summed E-state index contributed by atoms with van der Waals surface area (Å²) in [5.41, 5.74) is 3.61. The summed E-state index contributed by atoms with van der Waals surface area (Å²) in [6.45, 7) is 8.29. The Labute approximate surface area is 199 Å². The first-order valence-electron chi connectivity index (χ1n) is 11.9. The van der Waals surface area contributed by atoms with E-state index in [-0.39, 0.29) is 5.91 Å². The minimum absolute atomic E-state index is 0.128. The number of carbonyl (C=O) groups excluding carboxylic acids is 1. The Morgan fingerprint density at radius 3 is 2.39 bits per heavy atom. The highest BCUT2D eigenvalue weighted by atomic mass is 32.1. The molecule has 7 heteroatoms. The maximum absolute atomic E-state index is 13.0. The van der Waals surface area contributed by atoms with Crippen LogP contribution in [-0.2, 0) is 0 Å². The smallest absolute Gasteiger partial charge is 0.253 e. The van der Waals surface area contributed by atoms with E-state index in [1.165, 1.54) is 30.8 Å². The number of hydrogen-bond acceptors (Lipinski definition) is 6. The second-order valence-electron chi connectivity index (χ2n) is 9.10. The molecule has 0 radical (unpaired) electrons. The lowest BCUT2D eigenvalue weighted by molar-refractivity contribution is 0.0644. The molecule has 172 valence electrons. The molecule has 4 heterocycles. The summed E-state index contributed by atoms with van der Waals surface area (Å²) in [5.74, 6) is 0.688. The van der Waals surface area contributed by atoms with Crippen molar-refractivity contribution in [3.05, 3.63) is 58.6 Å². The first kappa shape index (κ1) is 22.0. The van der Waals surface area contributed by atoms with Gasteiger partial charge in [0.15, 0.2) is 0 Å². The van der Waals surface area contributed by atoms with E-state index < -0.39 is 0 Å². The van der Waals surface area contributed by atoms with E-state index in [4.69, 9.17) is 4.98 Å². The van der Waals surface area contributed by atoms with Crippen molar-refractivity contribution in [1.82, 2.24) is 19.8 Å². The number of thiophene rings is 1. The van der Waals surface area contributed by atoms with Crippen molar-refractivity contribution in [3.63, 3.8) is 0 Å². The van der Waals surface area contributed by atoms with E-state index in [9.17, 15) is 4.79 Å². The highest BCUT2D eigenvalue weighted by Crippen LogP contribution is 2.29. The molecule has 0 spiro atoms. The molecule has 2 fully saturated rings. The van der Waals surface area contributed by atoms with Gasteiger partial charge in [-0.3, -0.25) is 4.79 Å². The number of aryl methyl sites for hydroxylation is 2. The van der Waals surface area contributed by atoms with Crippen molar-refractivity contribution in [2.75, 3.05) is 31.5 Å². The van der Waals surface area contributed by atoms with Crippen LogP contribution in [0.3, 0.4) is 0 Å². The quantitative estimate of drug-likeness (QED) is 0.561. The number of nitrogens with zero attached hydrogens (tertiary/aromatic N) is 4. The van der Waals surface area contributed by atoms with E-state index in [1.807, 2.05) is 42.3 Å². The number of carbonyl (C=O) groups is 1. The molecule has 0 aliphatic carbocycles. The number of nitrogens with one attached hydrogen (secondary N) is 1. The average Bonchev–Trinajstić information content (AvgIpc) is 3.53. The molecule has 5 rings (SSSR count). The predicted octanol–water partition coefficient (Wildman–Crippen LogP) is 5.27. The molecule has 0 bridgehead atoms. The lowest BCUT2D eigenvalue weighted by atomic mass is 10.0. The van der Waals surface area contributed by atoms with Gasteiger partial charge in [0.1, 0.15) is 0 Å². The molecule has 1 aromatic carbocycles. The molecule has 0 atom stereocenters. The first-order chi connectivity index (χ1) is 16.1. The fourth-order valence-electron chi connectivity index (χ4n) is 4.86. The summed E-state index contributed by atoms with van der Waals surface area (Å²) in [6.07, 6.45) is 6.66. The van der Waals surface area contributed by atoms with Gasteiger partial charge in [0.05, 0.1) is 10.6 Å².